The summed E-state index contributed by atoms with van der Waals surface area (Å²) in [6, 6.07) is 0.0967. The summed E-state index contributed by atoms with van der Waals surface area (Å²) in [5.74, 6) is 0. The van der Waals surface area contributed by atoms with Gasteiger partial charge < -0.3 is 10.1 Å². The largest absolute Gasteiger partial charge is 0.380 e. The summed E-state index contributed by atoms with van der Waals surface area (Å²) in [5.41, 5.74) is 0. The van der Waals surface area contributed by atoms with Crippen LogP contribution in [0.5, 0.6) is 0 Å². The van der Waals surface area contributed by atoms with Crippen LogP contribution in [0.4, 0.5) is 0 Å². The van der Waals surface area contributed by atoms with Crippen molar-refractivity contribution in [3.05, 3.63) is 0 Å². The van der Waals surface area contributed by atoms with E-state index in [4.69, 9.17) is 4.74 Å². The molecule has 2 aliphatic heterocycles. The zero-order valence-corrected chi connectivity index (χ0v) is 13.9. The molecule has 0 radical (unpaired) electrons. The summed E-state index contributed by atoms with van der Waals surface area (Å²) in [5, 5.41) is 3.37. The highest BCUT2D eigenvalue weighted by Gasteiger charge is 2.36. The van der Waals surface area contributed by atoms with Crippen molar-refractivity contribution in [1.29, 1.82) is 0 Å². The molecule has 0 spiro atoms. The molecule has 1 N–H and O–H groups in total. The maximum absolute atomic E-state index is 12.9. The Kier molecular flexibility index (Phi) is 6.88. The van der Waals surface area contributed by atoms with Crippen molar-refractivity contribution in [3.8, 4) is 0 Å². The summed E-state index contributed by atoms with van der Waals surface area (Å²) in [6.07, 6.45) is 4.90. The summed E-state index contributed by atoms with van der Waals surface area (Å²) in [7, 11) is -3.35. The Morgan fingerprint density at radius 1 is 1.14 bits per heavy atom. The van der Waals surface area contributed by atoms with Crippen LogP contribution in [-0.2, 0) is 14.9 Å². The fourth-order valence-electron chi connectivity index (χ4n) is 3.03. The standard InChI is InChI=1S/C14H29N3O3S/c1-2-7-15-13-14-6-3-4-9-17(14)21(18,19)16-8-5-11-20-12-10-16/h14-15H,2-13H2,1H3. The van der Waals surface area contributed by atoms with Gasteiger partial charge in [0, 0.05) is 38.8 Å². The van der Waals surface area contributed by atoms with Gasteiger partial charge in [-0.2, -0.15) is 17.0 Å². The Balaban J connectivity index is 2.03. The van der Waals surface area contributed by atoms with E-state index in [2.05, 4.69) is 12.2 Å². The van der Waals surface area contributed by atoms with Crippen molar-refractivity contribution in [2.24, 2.45) is 0 Å². The molecule has 1 unspecified atom stereocenters. The Morgan fingerprint density at radius 2 is 2.00 bits per heavy atom. The fraction of sp³-hybridized carbons (Fsp3) is 1.00. The molecular formula is C14H29N3O3S. The minimum Gasteiger partial charge on any atom is -0.380 e. The quantitative estimate of drug-likeness (QED) is 0.736. The third kappa shape index (κ3) is 4.63. The number of piperidine rings is 1. The van der Waals surface area contributed by atoms with Crippen molar-refractivity contribution in [2.75, 3.05) is 45.9 Å². The third-order valence-electron chi connectivity index (χ3n) is 4.18. The van der Waals surface area contributed by atoms with E-state index in [0.717, 1.165) is 45.2 Å². The predicted molar refractivity (Wildman–Crippen MR) is 83.4 cm³/mol. The monoisotopic (exact) mass is 319 g/mol. The molecule has 0 saturated carbocycles. The first-order valence-corrected chi connectivity index (χ1v) is 9.61. The Labute approximate surface area is 129 Å². The summed E-state index contributed by atoms with van der Waals surface area (Å²) >= 11 is 0. The molecule has 2 heterocycles. The molecule has 0 aromatic rings. The van der Waals surface area contributed by atoms with Gasteiger partial charge >= 0.3 is 0 Å². The van der Waals surface area contributed by atoms with Crippen LogP contribution in [0.15, 0.2) is 0 Å². The summed E-state index contributed by atoms with van der Waals surface area (Å²) in [4.78, 5) is 0. The van der Waals surface area contributed by atoms with E-state index >= 15 is 0 Å². The number of hydrogen-bond acceptors (Lipinski definition) is 4. The molecule has 0 aromatic heterocycles. The van der Waals surface area contributed by atoms with Crippen molar-refractivity contribution < 1.29 is 13.2 Å². The van der Waals surface area contributed by atoms with Crippen molar-refractivity contribution in [1.82, 2.24) is 13.9 Å². The van der Waals surface area contributed by atoms with Crippen LogP contribution in [0.25, 0.3) is 0 Å². The normalized spacial score (nSPS) is 26.6. The lowest BCUT2D eigenvalue weighted by Crippen LogP contribution is -2.54. The third-order valence-corrected chi connectivity index (χ3v) is 6.27. The van der Waals surface area contributed by atoms with Crippen LogP contribution in [0.2, 0.25) is 0 Å². The Bertz CT molecular complexity index is 394. The van der Waals surface area contributed by atoms with E-state index < -0.39 is 10.2 Å². The lowest BCUT2D eigenvalue weighted by Gasteiger charge is -2.37. The number of nitrogens with zero attached hydrogens (tertiary/aromatic N) is 2. The zero-order chi connectivity index (χ0) is 15.1. The molecule has 0 amide bonds. The molecule has 124 valence electrons. The molecule has 0 aromatic carbocycles. The van der Waals surface area contributed by atoms with Gasteiger partial charge in [-0.15, -0.1) is 0 Å². The van der Waals surface area contributed by atoms with Crippen molar-refractivity contribution in [2.45, 2.75) is 45.1 Å². The second-order valence-electron chi connectivity index (χ2n) is 5.84. The van der Waals surface area contributed by atoms with Crippen LogP contribution < -0.4 is 5.32 Å². The Hall–Kier alpha value is -0.210. The van der Waals surface area contributed by atoms with Gasteiger partial charge in [0.2, 0.25) is 0 Å². The van der Waals surface area contributed by atoms with Gasteiger partial charge in [0.05, 0.1) is 6.61 Å². The van der Waals surface area contributed by atoms with E-state index in [9.17, 15) is 8.42 Å². The first kappa shape index (κ1) is 17.1. The minimum atomic E-state index is -3.35. The smallest absolute Gasteiger partial charge is 0.282 e. The van der Waals surface area contributed by atoms with E-state index in [1.54, 1.807) is 8.61 Å². The average Bonchev–Trinajstić information content (AvgIpc) is 2.77. The topological polar surface area (TPSA) is 61.9 Å². The molecule has 1 atom stereocenters. The van der Waals surface area contributed by atoms with Gasteiger partial charge in [-0.25, -0.2) is 0 Å². The SMILES string of the molecule is CCCNCC1CCCCN1S(=O)(=O)N1CCCOCC1. The number of nitrogens with one attached hydrogen (secondary N) is 1. The highest BCUT2D eigenvalue weighted by atomic mass is 32.2. The molecule has 2 saturated heterocycles. The Morgan fingerprint density at radius 3 is 2.81 bits per heavy atom. The van der Waals surface area contributed by atoms with Crippen LogP contribution in [0, 0.1) is 0 Å². The molecule has 0 bridgehead atoms. The maximum Gasteiger partial charge on any atom is 0.282 e. The van der Waals surface area contributed by atoms with Crippen molar-refractivity contribution in [3.63, 3.8) is 0 Å². The van der Waals surface area contributed by atoms with Crippen LogP contribution >= 0.6 is 0 Å². The molecule has 21 heavy (non-hydrogen) atoms. The van der Waals surface area contributed by atoms with Gasteiger partial charge in [-0.05, 0) is 32.2 Å². The van der Waals surface area contributed by atoms with Crippen molar-refractivity contribution >= 4 is 10.2 Å². The number of rotatable bonds is 6. The first-order valence-electron chi connectivity index (χ1n) is 8.21. The second-order valence-corrected chi connectivity index (χ2v) is 7.72. The number of ether oxygens (including phenoxy) is 1. The lowest BCUT2D eigenvalue weighted by atomic mass is 10.1. The van der Waals surface area contributed by atoms with Crippen LogP contribution in [-0.4, -0.2) is 69.0 Å². The average molecular weight is 319 g/mol. The van der Waals surface area contributed by atoms with Gasteiger partial charge in [0.1, 0.15) is 0 Å². The molecule has 2 fully saturated rings. The molecule has 2 rings (SSSR count). The number of hydrogen-bond donors (Lipinski definition) is 1. The zero-order valence-electron chi connectivity index (χ0n) is 13.1. The van der Waals surface area contributed by atoms with E-state index in [0.29, 0.717) is 32.8 Å². The highest BCUT2D eigenvalue weighted by molar-refractivity contribution is 7.86. The lowest BCUT2D eigenvalue weighted by molar-refractivity contribution is 0.146. The maximum atomic E-state index is 12.9. The molecular weight excluding hydrogens is 290 g/mol. The van der Waals surface area contributed by atoms with Gasteiger partial charge in [0.15, 0.2) is 0 Å². The molecule has 6 nitrogen and oxygen atoms in total. The fourth-order valence-corrected chi connectivity index (χ4v) is 4.91. The molecule has 2 aliphatic rings. The summed E-state index contributed by atoms with van der Waals surface area (Å²) < 4.78 is 34.5. The summed E-state index contributed by atoms with van der Waals surface area (Å²) in [6.45, 7) is 6.71. The first-order chi connectivity index (χ1) is 10.2. The van der Waals surface area contributed by atoms with Crippen LogP contribution in [0.1, 0.15) is 39.0 Å². The highest BCUT2D eigenvalue weighted by Crippen LogP contribution is 2.23. The molecule has 7 heteroatoms. The predicted octanol–water partition coefficient (Wildman–Crippen LogP) is 0.808. The van der Waals surface area contributed by atoms with Gasteiger partial charge in [0.25, 0.3) is 10.2 Å². The van der Waals surface area contributed by atoms with E-state index in [-0.39, 0.29) is 6.04 Å². The van der Waals surface area contributed by atoms with Gasteiger partial charge in [-0.1, -0.05) is 13.3 Å². The second kappa shape index (κ2) is 8.43. The molecule has 0 aliphatic carbocycles. The van der Waals surface area contributed by atoms with E-state index in [1.807, 2.05) is 0 Å². The van der Waals surface area contributed by atoms with Gasteiger partial charge in [-0.3, -0.25) is 0 Å². The van der Waals surface area contributed by atoms with Crippen LogP contribution in [0.3, 0.4) is 0 Å². The minimum absolute atomic E-state index is 0.0967. The van der Waals surface area contributed by atoms with E-state index in [1.165, 1.54) is 0 Å².